The summed E-state index contributed by atoms with van der Waals surface area (Å²) in [5.41, 5.74) is -3.86. The highest BCUT2D eigenvalue weighted by molar-refractivity contribution is 6.06. The van der Waals surface area contributed by atoms with Crippen LogP contribution in [-0.4, -0.2) is 41.5 Å². The molecule has 0 spiro atoms. The molecule has 1 N–H and O–H groups in total. The Hall–Kier alpha value is -4.36. The van der Waals surface area contributed by atoms with E-state index in [0.717, 1.165) is 29.4 Å². The predicted molar refractivity (Wildman–Crippen MR) is 124 cm³/mol. The van der Waals surface area contributed by atoms with Crippen LogP contribution in [0.2, 0.25) is 0 Å². The number of benzene rings is 1. The lowest BCUT2D eigenvalue weighted by Crippen LogP contribution is -2.50. The van der Waals surface area contributed by atoms with Crippen LogP contribution >= 0.6 is 0 Å². The zero-order chi connectivity index (χ0) is 28.6. The monoisotopic (exact) mass is 554 g/mol. The van der Waals surface area contributed by atoms with Gasteiger partial charge in [-0.25, -0.2) is 4.98 Å². The van der Waals surface area contributed by atoms with Crippen LogP contribution in [0, 0.1) is 0 Å². The van der Waals surface area contributed by atoms with Gasteiger partial charge in [-0.2, -0.15) is 26.3 Å². The fourth-order valence-electron chi connectivity index (χ4n) is 3.66. The fourth-order valence-corrected chi connectivity index (χ4v) is 3.66. The van der Waals surface area contributed by atoms with E-state index in [2.05, 4.69) is 15.3 Å². The van der Waals surface area contributed by atoms with Crippen molar-refractivity contribution in [1.82, 2.24) is 15.3 Å². The molecular formula is C25H20F6N4O4. The molecule has 0 atom stereocenters. The Morgan fingerprint density at radius 2 is 1.64 bits per heavy atom. The average molecular weight is 554 g/mol. The summed E-state index contributed by atoms with van der Waals surface area (Å²) in [4.78, 5) is 34.3. The van der Waals surface area contributed by atoms with E-state index in [-0.39, 0.29) is 35.7 Å². The van der Waals surface area contributed by atoms with Crippen LogP contribution in [0.1, 0.15) is 34.3 Å². The number of carbonyl (C=O) groups excluding carboxylic acids is 2. The number of nitrogens with one attached hydrogen (secondary N) is 1. The third-order valence-electron chi connectivity index (χ3n) is 5.93. The summed E-state index contributed by atoms with van der Waals surface area (Å²) >= 11 is 0. The molecule has 4 rings (SSSR count). The Balaban J connectivity index is 1.46. The Kier molecular flexibility index (Phi) is 7.15. The van der Waals surface area contributed by atoms with E-state index < -0.39 is 46.6 Å². The molecular weight excluding hydrogens is 534 g/mol. The smallest absolute Gasteiger partial charge is 0.420 e. The summed E-state index contributed by atoms with van der Waals surface area (Å²) < 4.78 is 89.4. The van der Waals surface area contributed by atoms with Crippen LogP contribution in [0.4, 0.5) is 32.2 Å². The van der Waals surface area contributed by atoms with Crippen molar-refractivity contribution in [2.24, 2.45) is 0 Å². The van der Waals surface area contributed by atoms with E-state index in [0.29, 0.717) is 12.3 Å². The molecule has 0 saturated heterocycles. The first kappa shape index (κ1) is 27.7. The van der Waals surface area contributed by atoms with Crippen molar-refractivity contribution in [1.29, 1.82) is 0 Å². The summed E-state index contributed by atoms with van der Waals surface area (Å²) in [6, 6.07) is 6.48. The molecule has 39 heavy (non-hydrogen) atoms. The van der Waals surface area contributed by atoms with E-state index in [9.17, 15) is 35.9 Å². The molecule has 14 heteroatoms. The summed E-state index contributed by atoms with van der Waals surface area (Å²) in [6.45, 7) is 0. The van der Waals surface area contributed by atoms with Gasteiger partial charge in [0.25, 0.3) is 11.8 Å². The minimum Gasteiger partial charge on any atom is -0.497 e. The molecule has 206 valence electrons. The molecule has 1 aromatic carbocycles. The van der Waals surface area contributed by atoms with Crippen molar-refractivity contribution in [3.63, 3.8) is 0 Å². The van der Waals surface area contributed by atoms with Gasteiger partial charge in [-0.1, -0.05) is 0 Å². The van der Waals surface area contributed by atoms with Crippen LogP contribution in [0.25, 0.3) is 0 Å². The largest absolute Gasteiger partial charge is 0.497 e. The molecule has 3 aromatic rings. The number of alkyl halides is 6. The number of nitrogens with zero attached hydrogens (tertiary/aromatic N) is 3. The van der Waals surface area contributed by atoms with Crippen molar-refractivity contribution in [2.45, 2.75) is 30.7 Å². The van der Waals surface area contributed by atoms with E-state index in [4.69, 9.17) is 9.47 Å². The highest BCUT2D eigenvalue weighted by Gasteiger charge is 2.53. The second-order valence-electron chi connectivity index (χ2n) is 8.67. The van der Waals surface area contributed by atoms with E-state index >= 15 is 0 Å². The second kappa shape index (κ2) is 10.1. The van der Waals surface area contributed by atoms with Crippen LogP contribution < -0.4 is 19.7 Å². The van der Waals surface area contributed by atoms with Gasteiger partial charge in [0.2, 0.25) is 0 Å². The second-order valence-corrected chi connectivity index (χ2v) is 8.67. The number of halogens is 6. The highest BCUT2D eigenvalue weighted by Crippen LogP contribution is 2.41. The number of rotatable bonds is 7. The van der Waals surface area contributed by atoms with Crippen molar-refractivity contribution >= 4 is 17.6 Å². The van der Waals surface area contributed by atoms with Gasteiger partial charge in [-0.3, -0.25) is 19.5 Å². The highest BCUT2D eigenvalue weighted by atomic mass is 19.4. The van der Waals surface area contributed by atoms with Gasteiger partial charge in [-0.15, -0.1) is 0 Å². The maximum absolute atomic E-state index is 13.4. The maximum atomic E-state index is 13.4. The van der Waals surface area contributed by atoms with Crippen LogP contribution in [0.3, 0.4) is 0 Å². The Labute approximate surface area is 217 Å². The third kappa shape index (κ3) is 6.04. The van der Waals surface area contributed by atoms with E-state index in [1.54, 1.807) is 0 Å². The fraction of sp³-hybridized carbons (Fsp3) is 0.280. The van der Waals surface area contributed by atoms with Gasteiger partial charge >= 0.3 is 12.4 Å². The maximum Gasteiger partial charge on any atom is 0.420 e. The number of likely N-dealkylation sites (N-methyl/N-ethyl adjacent to an activating group) is 1. The number of amides is 2. The number of anilines is 1. The summed E-state index contributed by atoms with van der Waals surface area (Å²) in [6.07, 6.45) is -6.25. The Morgan fingerprint density at radius 1 is 0.949 bits per heavy atom. The molecule has 0 unspecified atom stereocenters. The predicted octanol–water partition coefficient (Wildman–Crippen LogP) is 5.24. The van der Waals surface area contributed by atoms with Gasteiger partial charge < -0.3 is 14.8 Å². The molecule has 8 nitrogen and oxygen atoms in total. The van der Waals surface area contributed by atoms with E-state index in [1.807, 2.05) is 0 Å². The van der Waals surface area contributed by atoms with Crippen molar-refractivity contribution in [3.05, 3.63) is 71.7 Å². The normalized spacial score (nSPS) is 14.4. The molecule has 1 saturated carbocycles. The molecule has 0 radical (unpaired) electrons. The first-order chi connectivity index (χ1) is 18.2. The van der Waals surface area contributed by atoms with Gasteiger partial charge in [-0.05, 0) is 49.2 Å². The van der Waals surface area contributed by atoms with Crippen LogP contribution in [0.5, 0.6) is 17.2 Å². The SMILES string of the molecule is COc1ccc(Oc2ccc(N(C)C(=O)C3(NC(=O)c4cncc(C(F)(F)F)c4)CC3)nc2)c(C(F)(F)F)c1. The molecule has 1 aliphatic rings. The number of ether oxygens (including phenoxy) is 2. The lowest BCUT2D eigenvalue weighted by Gasteiger charge is -2.24. The molecule has 0 bridgehead atoms. The zero-order valence-electron chi connectivity index (χ0n) is 20.4. The van der Waals surface area contributed by atoms with Crippen molar-refractivity contribution in [2.75, 3.05) is 19.1 Å². The zero-order valence-corrected chi connectivity index (χ0v) is 20.4. The number of aromatic nitrogens is 2. The summed E-state index contributed by atoms with van der Waals surface area (Å²) in [5, 5.41) is 2.48. The third-order valence-corrected chi connectivity index (χ3v) is 5.93. The lowest BCUT2D eigenvalue weighted by molar-refractivity contribution is -0.139. The quantitative estimate of drug-likeness (QED) is 0.402. The van der Waals surface area contributed by atoms with Crippen molar-refractivity contribution < 1.29 is 45.4 Å². The molecule has 2 aromatic heterocycles. The van der Waals surface area contributed by atoms with Gasteiger partial charge in [0.05, 0.1) is 24.4 Å². The number of carbonyl (C=O) groups is 2. The first-order valence-electron chi connectivity index (χ1n) is 11.3. The first-order valence-corrected chi connectivity index (χ1v) is 11.3. The molecule has 2 heterocycles. The molecule has 0 aliphatic heterocycles. The van der Waals surface area contributed by atoms with Gasteiger partial charge in [0.1, 0.15) is 34.2 Å². The topological polar surface area (TPSA) is 93.7 Å². The Morgan fingerprint density at radius 3 is 2.21 bits per heavy atom. The minimum atomic E-state index is -4.71. The number of pyridine rings is 2. The molecule has 1 aliphatic carbocycles. The Bertz CT molecular complexity index is 1390. The van der Waals surface area contributed by atoms with E-state index in [1.165, 1.54) is 32.4 Å². The van der Waals surface area contributed by atoms with Crippen molar-refractivity contribution in [3.8, 4) is 17.2 Å². The minimum absolute atomic E-state index is 0.00583. The number of hydrogen-bond donors (Lipinski definition) is 1. The lowest BCUT2D eigenvalue weighted by atomic mass is 10.1. The van der Waals surface area contributed by atoms with Gasteiger partial charge in [0, 0.05) is 19.4 Å². The summed E-state index contributed by atoms with van der Waals surface area (Å²) in [5.74, 6) is -1.91. The van der Waals surface area contributed by atoms with Gasteiger partial charge in [0.15, 0.2) is 0 Å². The van der Waals surface area contributed by atoms with Crippen LogP contribution in [0.15, 0.2) is 55.0 Å². The number of hydrogen-bond acceptors (Lipinski definition) is 6. The molecule has 2 amide bonds. The average Bonchev–Trinajstić information content (AvgIpc) is 3.68. The summed E-state index contributed by atoms with van der Waals surface area (Å²) in [7, 11) is 2.60. The number of methoxy groups -OCH3 is 1. The van der Waals surface area contributed by atoms with Crippen LogP contribution in [-0.2, 0) is 17.1 Å². The molecule has 1 fully saturated rings. The standard InChI is InChI=1S/C25H20F6N4O4/c1-35(22(37)23(7-8-23)34-21(36)14-9-15(12-32-11-14)24(26,27)28)20-6-4-17(13-33-20)39-19-5-3-16(38-2)10-18(19)25(29,30)31/h3-6,9-13H,7-8H2,1-2H3,(H,34,36).